The van der Waals surface area contributed by atoms with Crippen LogP contribution in [0, 0.1) is 0 Å². The Hall–Kier alpha value is -2.58. The molecule has 3 heterocycles. The van der Waals surface area contributed by atoms with E-state index in [9.17, 15) is 9.59 Å². The Morgan fingerprint density at radius 1 is 1.25 bits per heavy atom. The van der Waals surface area contributed by atoms with Gasteiger partial charge >= 0.3 is 0 Å². The second-order valence-corrected chi connectivity index (χ2v) is 6.81. The summed E-state index contributed by atoms with van der Waals surface area (Å²) in [6.45, 7) is 3.14. The van der Waals surface area contributed by atoms with Crippen molar-refractivity contribution >= 4 is 29.9 Å². The number of nitrogens with one attached hydrogen (secondary N) is 3. The average molecular weight is 406 g/mol. The number of carbonyl (C=O) groups is 2. The molecule has 9 heteroatoms. The van der Waals surface area contributed by atoms with Crippen LogP contribution >= 0.6 is 12.4 Å². The number of ether oxygens (including phenoxy) is 1. The molecule has 28 heavy (non-hydrogen) atoms. The van der Waals surface area contributed by atoms with E-state index in [1.165, 1.54) is 0 Å². The molecule has 0 saturated carbocycles. The Balaban J connectivity index is 0.00000225. The number of hydrogen-bond acceptors (Lipinski definition) is 5. The van der Waals surface area contributed by atoms with Crippen LogP contribution in [0.1, 0.15) is 34.6 Å². The minimum Gasteiger partial charge on any atom is -0.484 e. The van der Waals surface area contributed by atoms with E-state index < -0.39 is 0 Å². The number of aromatic amines is 1. The Labute approximate surface area is 169 Å². The SMILES string of the molecule is Cl.O=C(Nc1cccc(OCC(=O)N2CCCC2)c1)c1n[nH]c2c1CNCC2. The van der Waals surface area contributed by atoms with Crippen LogP contribution in [0.4, 0.5) is 5.69 Å². The van der Waals surface area contributed by atoms with Crippen molar-refractivity contribution in [3.05, 3.63) is 41.2 Å². The first kappa shape index (κ1) is 20.2. The Kier molecular flexibility index (Phi) is 6.53. The summed E-state index contributed by atoms with van der Waals surface area (Å²) in [6.07, 6.45) is 2.95. The van der Waals surface area contributed by atoms with Crippen LogP contribution in [-0.2, 0) is 17.8 Å². The van der Waals surface area contributed by atoms with Crippen molar-refractivity contribution < 1.29 is 14.3 Å². The van der Waals surface area contributed by atoms with Crippen molar-refractivity contribution in [1.29, 1.82) is 0 Å². The van der Waals surface area contributed by atoms with E-state index in [1.54, 1.807) is 24.3 Å². The smallest absolute Gasteiger partial charge is 0.276 e. The van der Waals surface area contributed by atoms with E-state index in [4.69, 9.17) is 4.74 Å². The maximum Gasteiger partial charge on any atom is 0.276 e. The lowest BCUT2D eigenvalue weighted by molar-refractivity contribution is -0.132. The van der Waals surface area contributed by atoms with E-state index in [1.807, 2.05) is 4.90 Å². The number of carbonyl (C=O) groups excluding carboxylic acids is 2. The predicted octanol–water partition coefficient (Wildman–Crippen LogP) is 1.73. The summed E-state index contributed by atoms with van der Waals surface area (Å²) in [5, 5.41) is 13.2. The third kappa shape index (κ3) is 4.45. The molecule has 2 aromatic rings. The number of benzene rings is 1. The first-order valence-corrected chi connectivity index (χ1v) is 9.29. The molecular formula is C19H24ClN5O3. The predicted molar refractivity (Wildman–Crippen MR) is 107 cm³/mol. The van der Waals surface area contributed by atoms with Gasteiger partial charge in [-0.15, -0.1) is 12.4 Å². The first-order valence-electron chi connectivity index (χ1n) is 9.29. The monoisotopic (exact) mass is 405 g/mol. The van der Waals surface area contributed by atoms with Gasteiger partial charge in [-0.1, -0.05) is 6.07 Å². The summed E-state index contributed by atoms with van der Waals surface area (Å²) in [5.41, 5.74) is 2.94. The molecule has 8 nitrogen and oxygen atoms in total. The fourth-order valence-corrected chi connectivity index (χ4v) is 3.47. The minimum atomic E-state index is -0.263. The fourth-order valence-electron chi connectivity index (χ4n) is 3.47. The van der Waals surface area contributed by atoms with E-state index in [-0.39, 0.29) is 30.8 Å². The van der Waals surface area contributed by atoms with Crippen LogP contribution in [0.2, 0.25) is 0 Å². The molecule has 0 unspecified atom stereocenters. The first-order chi connectivity index (χ1) is 13.2. The maximum atomic E-state index is 12.6. The Morgan fingerprint density at radius 2 is 2.07 bits per heavy atom. The van der Waals surface area contributed by atoms with Gasteiger partial charge in [-0.2, -0.15) is 5.10 Å². The summed E-state index contributed by atoms with van der Waals surface area (Å²) >= 11 is 0. The van der Waals surface area contributed by atoms with Gasteiger partial charge in [0.1, 0.15) is 5.75 Å². The molecule has 2 aliphatic heterocycles. The van der Waals surface area contributed by atoms with Gasteiger partial charge in [0.15, 0.2) is 12.3 Å². The molecule has 0 atom stereocenters. The molecule has 1 aromatic carbocycles. The highest BCUT2D eigenvalue weighted by atomic mass is 35.5. The third-order valence-electron chi connectivity index (χ3n) is 4.93. The van der Waals surface area contributed by atoms with Crippen LogP contribution in [0.5, 0.6) is 5.75 Å². The lowest BCUT2D eigenvalue weighted by Gasteiger charge is -2.16. The number of fused-ring (bicyclic) bond motifs is 1. The number of anilines is 1. The van der Waals surface area contributed by atoms with Gasteiger partial charge in [-0.05, 0) is 25.0 Å². The van der Waals surface area contributed by atoms with Crippen LogP contribution in [0.25, 0.3) is 0 Å². The standard InChI is InChI=1S/C19H23N5O3.ClH/c25-17(24-8-1-2-9-24)12-27-14-5-3-4-13(10-14)21-19(26)18-15-11-20-7-6-16(15)22-23-18;/h3-5,10,20H,1-2,6-9,11-12H2,(H,21,26)(H,22,23);1H. The Bertz CT molecular complexity index is 848. The summed E-state index contributed by atoms with van der Waals surface area (Å²) < 4.78 is 5.61. The van der Waals surface area contributed by atoms with E-state index >= 15 is 0 Å². The summed E-state index contributed by atoms with van der Waals surface area (Å²) in [4.78, 5) is 26.5. The summed E-state index contributed by atoms with van der Waals surface area (Å²) in [7, 11) is 0. The molecule has 0 bridgehead atoms. The molecule has 1 saturated heterocycles. The molecule has 3 N–H and O–H groups in total. The third-order valence-corrected chi connectivity index (χ3v) is 4.93. The average Bonchev–Trinajstić information content (AvgIpc) is 3.36. The van der Waals surface area contributed by atoms with Gasteiger partial charge in [0, 0.05) is 55.6 Å². The maximum absolute atomic E-state index is 12.6. The number of halogens is 1. The van der Waals surface area contributed by atoms with Crippen molar-refractivity contribution in [3.63, 3.8) is 0 Å². The minimum absolute atomic E-state index is 0. The summed E-state index contributed by atoms with van der Waals surface area (Å²) in [6, 6.07) is 7.05. The number of rotatable bonds is 5. The zero-order chi connectivity index (χ0) is 18.6. The zero-order valence-corrected chi connectivity index (χ0v) is 16.3. The molecule has 150 valence electrons. The molecule has 4 rings (SSSR count). The van der Waals surface area contributed by atoms with Gasteiger partial charge in [0.2, 0.25) is 0 Å². The quantitative estimate of drug-likeness (QED) is 0.703. The second-order valence-electron chi connectivity index (χ2n) is 6.81. The number of hydrogen-bond donors (Lipinski definition) is 3. The molecule has 2 amide bonds. The van der Waals surface area contributed by atoms with Crippen molar-refractivity contribution in [3.8, 4) is 5.75 Å². The lowest BCUT2D eigenvalue weighted by Crippen LogP contribution is -2.32. The van der Waals surface area contributed by atoms with Crippen LogP contribution in [0.15, 0.2) is 24.3 Å². The fraction of sp³-hybridized carbons (Fsp3) is 0.421. The largest absolute Gasteiger partial charge is 0.484 e. The number of aromatic nitrogens is 2. The summed E-state index contributed by atoms with van der Waals surface area (Å²) in [5.74, 6) is 0.283. The van der Waals surface area contributed by atoms with Gasteiger partial charge in [0.05, 0.1) is 0 Å². The van der Waals surface area contributed by atoms with Crippen LogP contribution in [-0.4, -0.2) is 53.2 Å². The molecule has 0 aliphatic carbocycles. The van der Waals surface area contributed by atoms with Crippen molar-refractivity contribution in [2.24, 2.45) is 0 Å². The second kappa shape index (κ2) is 9.07. The number of nitrogens with zero attached hydrogens (tertiary/aromatic N) is 2. The van der Waals surface area contributed by atoms with Crippen LogP contribution in [0.3, 0.4) is 0 Å². The van der Waals surface area contributed by atoms with Gasteiger partial charge in [-0.25, -0.2) is 0 Å². The highest BCUT2D eigenvalue weighted by Gasteiger charge is 2.22. The number of H-pyrrole nitrogens is 1. The van der Waals surface area contributed by atoms with Gasteiger partial charge in [-0.3, -0.25) is 14.7 Å². The van der Waals surface area contributed by atoms with Crippen molar-refractivity contribution in [2.45, 2.75) is 25.8 Å². The molecular weight excluding hydrogens is 382 g/mol. The number of amides is 2. The molecule has 2 aliphatic rings. The molecule has 1 fully saturated rings. The van der Waals surface area contributed by atoms with Crippen LogP contribution < -0.4 is 15.4 Å². The lowest BCUT2D eigenvalue weighted by atomic mass is 10.1. The van der Waals surface area contributed by atoms with E-state index in [0.717, 1.165) is 50.2 Å². The highest BCUT2D eigenvalue weighted by molar-refractivity contribution is 6.04. The normalized spacial score (nSPS) is 15.5. The molecule has 1 aromatic heterocycles. The van der Waals surface area contributed by atoms with Crippen molar-refractivity contribution in [1.82, 2.24) is 20.4 Å². The Morgan fingerprint density at radius 3 is 2.89 bits per heavy atom. The van der Waals surface area contributed by atoms with Gasteiger partial charge in [0.25, 0.3) is 11.8 Å². The molecule has 0 spiro atoms. The topological polar surface area (TPSA) is 99.3 Å². The highest BCUT2D eigenvalue weighted by Crippen LogP contribution is 2.20. The zero-order valence-electron chi connectivity index (χ0n) is 15.5. The molecule has 0 radical (unpaired) electrons. The number of likely N-dealkylation sites (tertiary alicyclic amines) is 1. The van der Waals surface area contributed by atoms with E-state index in [2.05, 4.69) is 20.8 Å². The van der Waals surface area contributed by atoms with E-state index in [0.29, 0.717) is 23.7 Å². The van der Waals surface area contributed by atoms with Gasteiger partial charge < -0.3 is 20.3 Å². The van der Waals surface area contributed by atoms with Crippen molar-refractivity contribution in [2.75, 3.05) is 31.6 Å².